The van der Waals surface area contributed by atoms with Crippen molar-refractivity contribution in [3.8, 4) is 11.8 Å². The summed E-state index contributed by atoms with van der Waals surface area (Å²) in [6, 6.07) is 8.73. The largest absolute Gasteiger partial charge is 0.490 e. The zero-order valence-corrected chi connectivity index (χ0v) is 16.0. The number of fused-ring (bicyclic) bond motifs is 2. The molecule has 3 aromatic rings. The topological polar surface area (TPSA) is 94.2 Å². The van der Waals surface area contributed by atoms with Gasteiger partial charge < -0.3 is 9.47 Å². The highest BCUT2D eigenvalue weighted by Gasteiger charge is 2.23. The summed E-state index contributed by atoms with van der Waals surface area (Å²) in [5.74, 6) is 0.905. The van der Waals surface area contributed by atoms with Crippen LogP contribution in [-0.4, -0.2) is 28.7 Å². The summed E-state index contributed by atoms with van der Waals surface area (Å²) in [6.45, 7) is 2.71. The SMILES string of the molecule is Cc1c(C(=O)OCCOc2ccc(C#N)cc2)sc2nc3n(c(=O)c12)CCC3. The number of carbonyl (C=O) groups is 1. The molecule has 142 valence electrons. The Balaban J connectivity index is 1.43. The number of esters is 1. The highest BCUT2D eigenvalue weighted by Crippen LogP contribution is 2.29. The van der Waals surface area contributed by atoms with Crippen LogP contribution in [0.3, 0.4) is 0 Å². The van der Waals surface area contributed by atoms with E-state index in [0.29, 0.717) is 38.5 Å². The maximum Gasteiger partial charge on any atom is 0.348 e. The number of aryl methyl sites for hydroxylation is 2. The Labute approximate surface area is 164 Å². The standard InChI is InChI=1S/C20H17N3O4S/c1-12-16-18(22-15-3-2-8-23(15)19(16)24)28-17(12)20(25)27-10-9-26-14-6-4-13(11-21)5-7-14/h4-7H,2-3,8-10H2,1H3. The molecule has 0 N–H and O–H groups in total. The number of thiophene rings is 1. The van der Waals surface area contributed by atoms with E-state index in [2.05, 4.69) is 4.98 Å². The molecule has 0 radical (unpaired) electrons. The van der Waals surface area contributed by atoms with Crippen LogP contribution < -0.4 is 10.3 Å². The number of carbonyl (C=O) groups excluding carboxylic acids is 1. The molecule has 0 saturated heterocycles. The molecule has 4 rings (SSSR count). The second-order valence-corrected chi connectivity index (χ2v) is 7.44. The number of rotatable bonds is 5. The monoisotopic (exact) mass is 395 g/mol. The lowest BCUT2D eigenvalue weighted by Crippen LogP contribution is -2.20. The van der Waals surface area contributed by atoms with Gasteiger partial charge in [0, 0.05) is 13.0 Å². The maximum atomic E-state index is 12.7. The van der Waals surface area contributed by atoms with Gasteiger partial charge in [-0.05, 0) is 43.2 Å². The molecule has 8 heteroatoms. The fourth-order valence-electron chi connectivity index (χ4n) is 3.26. The van der Waals surface area contributed by atoms with E-state index in [4.69, 9.17) is 14.7 Å². The zero-order valence-electron chi connectivity index (χ0n) is 15.2. The number of aromatic nitrogens is 2. The molecular formula is C20H17N3O4S. The van der Waals surface area contributed by atoms with Gasteiger partial charge in [-0.3, -0.25) is 9.36 Å². The van der Waals surface area contributed by atoms with Gasteiger partial charge in [-0.25, -0.2) is 9.78 Å². The molecule has 1 aliphatic rings. The molecule has 3 heterocycles. The van der Waals surface area contributed by atoms with E-state index in [1.165, 1.54) is 11.3 Å². The Morgan fingerprint density at radius 2 is 2.11 bits per heavy atom. The summed E-state index contributed by atoms with van der Waals surface area (Å²) in [4.78, 5) is 30.7. The summed E-state index contributed by atoms with van der Waals surface area (Å²) in [7, 11) is 0. The summed E-state index contributed by atoms with van der Waals surface area (Å²) in [6.07, 6.45) is 1.71. The van der Waals surface area contributed by atoms with Crippen molar-refractivity contribution in [3.05, 3.63) is 56.4 Å². The van der Waals surface area contributed by atoms with Crippen molar-refractivity contribution < 1.29 is 14.3 Å². The van der Waals surface area contributed by atoms with Crippen molar-refractivity contribution in [2.24, 2.45) is 0 Å². The maximum absolute atomic E-state index is 12.7. The van der Waals surface area contributed by atoms with E-state index in [9.17, 15) is 9.59 Å². The Bertz CT molecular complexity index is 1160. The molecule has 7 nitrogen and oxygen atoms in total. The quantitative estimate of drug-likeness (QED) is 0.487. The van der Waals surface area contributed by atoms with E-state index in [-0.39, 0.29) is 18.8 Å². The third kappa shape index (κ3) is 3.25. The van der Waals surface area contributed by atoms with E-state index < -0.39 is 5.97 Å². The summed E-state index contributed by atoms with van der Waals surface area (Å²) in [5.41, 5.74) is 1.10. The first kappa shape index (κ1) is 18.2. The lowest BCUT2D eigenvalue weighted by Gasteiger charge is -2.07. The predicted octanol–water partition coefficient (Wildman–Crippen LogP) is 2.82. The van der Waals surface area contributed by atoms with E-state index in [1.54, 1.807) is 35.8 Å². The van der Waals surface area contributed by atoms with Crippen LogP contribution in [0, 0.1) is 18.3 Å². The number of hydrogen-bond donors (Lipinski definition) is 0. The average molecular weight is 395 g/mol. The number of nitrogens with zero attached hydrogens (tertiary/aromatic N) is 3. The lowest BCUT2D eigenvalue weighted by molar-refractivity contribution is 0.0455. The Morgan fingerprint density at radius 1 is 1.32 bits per heavy atom. The molecule has 0 unspecified atom stereocenters. The first-order chi connectivity index (χ1) is 13.6. The summed E-state index contributed by atoms with van der Waals surface area (Å²) >= 11 is 1.20. The van der Waals surface area contributed by atoms with Gasteiger partial charge in [0.2, 0.25) is 0 Å². The first-order valence-electron chi connectivity index (χ1n) is 8.91. The molecule has 0 atom stereocenters. The van der Waals surface area contributed by atoms with E-state index >= 15 is 0 Å². The van der Waals surface area contributed by atoms with Crippen LogP contribution in [0.15, 0.2) is 29.1 Å². The van der Waals surface area contributed by atoms with Crippen LogP contribution in [0.2, 0.25) is 0 Å². The van der Waals surface area contributed by atoms with Crippen LogP contribution in [0.5, 0.6) is 5.75 Å². The van der Waals surface area contributed by atoms with Gasteiger partial charge in [0.25, 0.3) is 5.56 Å². The van der Waals surface area contributed by atoms with Gasteiger partial charge >= 0.3 is 5.97 Å². The Kier molecular flexibility index (Phi) is 4.84. The fourth-order valence-corrected chi connectivity index (χ4v) is 4.34. The highest BCUT2D eigenvalue weighted by molar-refractivity contribution is 7.20. The van der Waals surface area contributed by atoms with Gasteiger partial charge in [0.15, 0.2) is 0 Å². The van der Waals surface area contributed by atoms with Crippen molar-refractivity contribution in [1.82, 2.24) is 9.55 Å². The molecule has 1 aliphatic heterocycles. The first-order valence-corrected chi connectivity index (χ1v) is 9.73. The van der Waals surface area contributed by atoms with Crippen LogP contribution in [0.25, 0.3) is 10.2 Å². The number of hydrogen-bond acceptors (Lipinski definition) is 7. The predicted molar refractivity (Wildman–Crippen MR) is 104 cm³/mol. The van der Waals surface area contributed by atoms with E-state index in [0.717, 1.165) is 18.7 Å². The zero-order chi connectivity index (χ0) is 19.7. The Hall–Kier alpha value is -3.18. The minimum Gasteiger partial charge on any atom is -0.490 e. The number of nitriles is 1. The Morgan fingerprint density at radius 3 is 2.86 bits per heavy atom. The highest BCUT2D eigenvalue weighted by atomic mass is 32.1. The van der Waals surface area contributed by atoms with Crippen LogP contribution in [0.4, 0.5) is 0 Å². The summed E-state index contributed by atoms with van der Waals surface area (Å²) in [5, 5.41) is 9.29. The average Bonchev–Trinajstić information content (AvgIpc) is 3.30. The molecule has 2 aromatic heterocycles. The van der Waals surface area contributed by atoms with Crippen molar-refractivity contribution in [1.29, 1.82) is 5.26 Å². The molecule has 0 bridgehead atoms. The molecule has 28 heavy (non-hydrogen) atoms. The van der Waals surface area contributed by atoms with Crippen LogP contribution in [-0.2, 0) is 17.7 Å². The second-order valence-electron chi connectivity index (χ2n) is 6.45. The molecule has 0 aliphatic carbocycles. The molecule has 0 fully saturated rings. The van der Waals surface area contributed by atoms with Gasteiger partial charge in [0.05, 0.1) is 17.0 Å². The van der Waals surface area contributed by atoms with Gasteiger partial charge in [-0.1, -0.05) is 0 Å². The van der Waals surface area contributed by atoms with Gasteiger partial charge in [0.1, 0.15) is 34.5 Å². The third-order valence-corrected chi connectivity index (χ3v) is 5.83. The van der Waals surface area contributed by atoms with Gasteiger partial charge in [-0.15, -0.1) is 11.3 Å². The number of benzene rings is 1. The molecule has 0 spiro atoms. The number of ether oxygens (including phenoxy) is 2. The summed E-state index contributed by atoms with van der Waals surface area (Å²) < 4.78 is 12.5. The minimum absolute atomic E-state index is 0.0746. The third-order valence-electron chi connectivity index (χ3n) is 4.67. The molecule has 1 aromatic carbocycles. The van der Waals surface area contributed by atoms with Gasteiger partial charge in [-0.2, -0.15) is 5.26 Å². The molecule has 0 saturated carbocycles. The van der Waals surface area contributed by atoms with Crippen molar-refractivity contribution >= 4 is 27.5 Å². The lowest BCUT2D eigenvalue weighted by atomic mass is 10.2. The van der Waals surface area contributed by atoms with Crippen LogP contribution >= 0.6 is 11.3 Å². The second kappa shape index (κ2) is 7.44. The van der Waals surface area contributed by atoms with Crippen molar-refractivity contribution in [3.63, 3.8) is 0 Å². The molecule has 0 amide bonds. The van der Waals surface area contributed by atoms with Crippen molar-refractivity contribution in [2.45, 2.75) is 26.3 Å². The smallest absolute Gasteiger partial charge is 0.348 e. The normalized spacial score (nSPS) is 12.6. The van der Waals surface area contributed by atoms with Crippen molar-refractivity contribution in [2.75, 3.05) is 13.2 Å². The molecular weight excluding hydrogens is 378 g/mol. The van der Waals surface area contributed by atoms with Crippen LogP contribution in [0.1, 0.15) is 33.0 Å². The minimum atomic E-state index is -0.478. The van der Waals surface area contributed by atoms with E-state index in [1.807, 2.05) is 6.07 Å². The fraction of sp³-hybridized carbons (Fsp3) is 0.300.